The molecule has 0 bridgehead atoms. The summed E-state index contributed by atoms with van der Waals surface area (Å²) in [5.41, 5.74) is 1.46. The van der Waals surface area contributed by atoms with E-state index < -0.39 is 0 Å². The zero-order valence-corrected chi connectivity index (χ0v) is 17.7. The molecule has 1 atom stereocenters. The van der Waals surface area contributed by atoms with E-state index in [0.29, 0.717) is 29.7 Å². The summed E-state index contributed by atoms with van der Waals surface area (Å²) in [7, 11) is 1.51. The van der Waals surface area contributed by atoms with E-state index in [0.717, 1.165) is 11.3 Å². The molecule has 0 unspecified atom stereocenters. The number of hydrogen-bond donors (Lipinski definition) is 2. The molecule has 3 aromatic rings. The lowest BCUT2D eigenvalue weighted by molar-refractivity contribution is -0.118. The minimum atomic E-state index is -0.313. The molecule has 1 aliphatic heterocycles. The van der Waals surface area contributed by atoms with E-state index in [9.17, 15) is 9.59 Å². The molecule has 0 aliphatic carbocycles. The van der Waals surface area contributed by atoms with E-state index in [2.05, 4.69) is 20.7 Å². The summed E-state index contributed by atoms with van der Waals surface area (Å²) in [5, 5.41) is 9.66. The van der Waals surface area contributed by atoms with Crippen molar-refractivity contribution in [2.24, 2.45) is 0 Å². The van der Waals surface area contributed by atoms with Crippen LogP contribution in [0.25, 0.3) is 0 Å². The number of nitrogens with one attached hydrogen (secondary N) is 2. The Hall–Kier alpha value is -4.08. The third-order valence-electron chi connectivity index (χ3n) is 4.88. The Bertz CT molecular complexity index is 1110. The predicted octanol–water partition coefficient (Wildman–Crippen LogP) is 2.63. The Balaban J connectivity index is 1.41. The van der Waals surface area contributed by atoms with E-state index in [1.807, 2.05) is 13.0 Å². The number of amides is 2. The molecule has 166 valence electrons. The zero-order chi connectivity index (χ0) is 22.5. The number of fused-ring (bicyclic) bond motifs is 1. The molecule has 0 saturated heterocycles. The molecule has 1 aliphatic rings. The highest BCUT2D eigenvalue weighted by molar-refractivity contribution is 5.92. The van der Waals surface area contributed by atoms with Crippen LogP contribution in [0.5, 0.6) is 17.2 Å². The first kappa shape index (κ1) is 21.2. The molecule has 10 nitrogen and oxygen atoms in total. The van der Waals surface area contributed by atoms with Crippen LogP contribution in [0.2, 0.25) is 0 Å². The number of anilines is 2. The largest absolute Gasteiger partial charge is 0.494 e. The van der Waals surface area contributed by atoms with Crippen LogP contribution in [0.3, 0.4) is 0 Å². The fourth-order valence-electron chi connectivity index (χ4n) is 3.42. The van der Waals surface area contributed by atoms with Crippen LogP contribution in [0.4, 0.5) is 11.6 Å². The summed E-state index contributed by atoms with van der Waals surface area (Å²) in [4.78, 5) is 28.3. The number of nitrogens with zero attached hydrogens (tertiary/aromatic N) is 3. The third-order valence-corrected chi connectivity index (χ3v) is 4.88. The van der Waals surface area contributed by atoms with E-state index in [4.69, 9.17) is 14.2 Å². The van der Waals surface area contributed by atoms with E-state index in [-0.39, 0.29) is 30.9 Å². The monoisotopic (exact) mass is 437 g/mol. The Morgan fingerprint density at radius 2 is 2.00 bits per heavy atom. The molecule has 0 saturated carbocycles. The van der Waals surface area contributed by atoms with Gasteiger partial charge in [-0.2, -0.15) is 10.1 Å². The highest BCUT2D eigenvalue weighted by Gasteiger charge is 2.28. The van der Waals surface area contributed by atoms with Gasteiger partial charge in [0.2, 0.25) is 11.9 Å². The van der Waals surface area contributed by atoms with Gasteiger partial charge in [0, 0.05) is 5.69 Å². The standard InChI is InChI=1S/C22H23N5O5/c1-3-31-16-7-5-15(6-8-16)25-21(29)12-32-18-9-4-14(10-19(18)30-2)17-11-20(28)26-22-23-13-24-27(17)22/h4-10,13,17H,3,11-12H2,1-2H3,(H,25,29)(H,23,24,26,28)/t17-/m0/s1. The molecule has 10 heteroatoms. The van der Waals surface area contributed by atoms with Gasteiger partial charge in [-0.1, -0.05) is 6.07 Å². The van der Waals surface area contributed by atoms with Gasteiger partial charge < -0.3 is 19.5 Å². The molecule has 2 heterocycles. The summed E-state index contributed by atoms with van der Waals surface area (Å²) in [6.07, 6.45) is 1.62. The van der Waals surface area contributed by atoms with Crippen LogP contribution in [0, 0.1) is 0 Å². The first-order valence-corrected chi connectivity index (χ1v) is 10.1. The normalized spacial score (nSPS) is 14.8. The number of carbonyl (C=O) groups is 2. The minimum absolute atomic E-state index is 0.138. The highest BCUT2D eigenvalue weighted by atomic mass is 16.5. The van der Waals surface area contributed by atoms with Crippen LogP contribution < -0.4 is 24.8 Å². The van der Waals surface area contributed by atoms with Crippen LogP contribution in [0.1, 0.15) is 24.9 Å². The second-order valence-corrected chi connectivity index (χ2v) is 7.00. The van der Waals surface area contributed by atoms with Crippen molar-refractivity contribution >= 4 is 23.5 Å². The average Bonchev–Trinajstić information content (AvgIpc) is 3.27. The van der Waals surface area contributed by atoms with Crippen molar-refractivity contribution in [2.75, 3.05) is 31.0 Å². The van der Waals surface area contributed by atoms with Gasteiger partial charge in [-0.05, 0) is 48.9 Å². The molecule has 32 heavy (non-hydrogen) atoms. The fraction of sp³-hybridized carbons (Fsp3) is 0.273. The molecular weight excluding hydrogens is 414 g/mol. The molecule has 0 fully saturated rings. The maximum absolute atomic E-state index is 12.3. The Morgan fingerprint density at radius 1 is 1.19 bits per heavy atom. The van der Waals surface area contributed by atoms with Gasteiger partial charge >= 0.3 is 0 Å². The molecular formula is C22H23N5O5. The summed E-state index contributed by atoms with van der Waals surface area (Å²) < 4.78 is 18.2. The number of methoxy groups -OCH3 is 1. The highest BCUT2D eigenvalue weighted by Crippen LogP contribution is 2.35. The van der Waals surface area contributed by atoms with Crippen molar-refractivity contribution in [2.45, 2.75) is 19.4 Å². The second kappa shape index (κ2) is 9.38. The summed E-state index contributed by atoms with van der Waals surface area (Å²) in [6, 6.07) is 12.1. The number of hydrogen-bond acceptors (Lipinski definition) is 7. The van der Waals surface area contributed by atoms with Gasteiger partial charge in [0.15, 0.2) is 18.1 Å². The van der Waals surface area contributed by atoms with Crippen LogP contribution >= 0.6 is 0 Å². The van der Waals surface area contributed by atoms with Crippen molar-refractivity contribution in [3.8, 4) is 17.2 Å². The molecule has 2 N–H and O–H groups in total. The van der Waals surface area contributed by atoms with Gasteiger partial charge in [0.25, 0.3) is 5.91 Å². The molecule has 1 aromatic heterocycles. The SMILES string of the molecule is CCOc1ccc(NC(=O)COc2ccc([C@@H]3CC(=O)Nc4ncnn43)cc2OC)cc1. The smallest absolute Gasteiger partial charge is 0.262 e. The molecule has 2 aromatic carbocycles. The third kappa shape index (κ3) is 4.64. The number of aromatic nitrogens is 3. The predicted molar refractivity (Wildman–Crippen MR) is 116 cm³/mol. The van der Waals surface area contributed by atoms with Crippen molar-refractivity contribution in [3.63, 3.8) is 0 Å². The van der Waals surface area contributed by atoms with Crippen LogP contribution in [-0.4, -0.2) is 46.9 Å². The zero-order valence-electron chi connectivity index (χ0n) is 17.7. The van der Waals surface area contributed by atoms with Crippen molar-refractivity contribution < 1.29 is 23.8 Å². The molecule has 2 amide bonds. The van der Waals surface area contributed by atoms with Gasteiger partial charge in [-0.25, -0.2) is 4.68 Å². The fourth-order valence-corrected chi connectivity index (χ4v) is 3.42. The number of benzene rings is 2. The lowest BCUT2D eigenvalue weighted by atomic mass is 10.0. The molecule has 0 spiro atoms. The number of carbonyl (C=O) groups excluding carboxylic acids is 2. The summed E-state index contributed by atoms with van der Waals surface area (Å²) >= 11 is 0. The van der Waals surface area contributed by atoms with Crippen LogP contribution in [-0.2, 0) is 9.59 Å². The van der Waals surface area contributed by atoms with Crippen molar-refractivity contribution in [1.29, 1.82) is 0 Å². The molecule has 4 rings (SSSR count). The van der Waals surface area contributed by atoms with Crippen LogP contribution in [0.15, 0.2) is 48.8 Å². The maximum atomic E-state index is 12.3. The Labute approximate surface area is 184 Å². The quantitative estimate of drug-likeness (QED) is 0.556. The van der Waals surface area contributed by atoms with Crippen molar-refractivity contribution in [1.82, 2.24) is 14.8 Å². The number of ether oxygens (including phenoxy) is 3. The van der Waals surface area contributed by atoms with Gasteiger partial charge in [-0.15, -0.1) is 0 Å². The lowest BCUT2D eigenvalue weighted by Gasteiger charge is -2.24. The van der Waals surface area contributed by atoms with E-state index in [1.165, 1.54) is 13.4 Å². The Kier molecular flexibility index (Phi) is 6.20. The first-order chi connectivity index (χ1) is 15.6. The van der Waals surface area contributed by atoms with Gasteiger partial charge in [0.1, 0.15) is 12.1 Å². The second-order valence-electron chi connectivity index (χ2n) is 7.00. The van der Waals surface area contributed by atoms with Gasteiger partial charge in [0.05, 0.1) is 26.2 Å². The first-order valence-electron chi connectivity index (χ1n) is 10.1. The van der Waals surface area contributed by atoms with E-state index >= 15 is 0 Å². The van der Waals surface area contributed by atoms with E-state index in [1.54, 1.807) is 41.1 Å². The van der Waals surface area contributed by atoms with Crippen molar-refractivity contribution in [3.05, 3.63) is 54.4 Å². The Morgan fingerprint density at radius 3 is 2.75 bits per heavy atom. The summed E-state index contributed by atoms with van der Waals surface area (Å²) in [5.74, 6) is 1.55. The maximum Gasteiger partial charge on any atom is 0.262 e. The lowest BCUT2D eigenvalue weighted by Crippen LogP contribution is -2.29. The number of rotatable bonds is 8. The van der Waals surface area contributed by atoms with Gasteiger partial charge in [-0.3, -0.25) is 14.9 Å². The summed E-state index contributed by atoms with van der Waals surface area (Å²) in [6.45, 7) is 2.29. The average molecular weight is 437 g/mol. The molecule has 0 radical (unpaired) electrons. The minimum Gasteiger partial charge on any atom is -0.494 e. The topological polar surface area (TPSA) is 117 Å².